The van der Waals surface area contributed by atoms with Crippen LogP contribution in [0.5, 0.6) is 0 Å². The molecular weight excluding hydrogens is 392 g/mol. The fourth-order valence-electron chi connectivity index (χ4n) is 4.18. The number of aliphatic hydroxyl groups is 1. The maximum Gasteiger partial charge on any atom is 0.213 e. The quantitative estimate of drug-likeness (QED) is 0.290. The minimum Gasteiger partial charge on any atom is -0.396 e. The van der Waals surface area contributed by atoms with Crippen molar-refractivity contribution in [1.82, 2.24) is 15.4 Å². The van der Waals surface area contributed by atoms with Crippen molar-refractivity contribution in [3.8, 4) is 0 Å². The average Bonchev–Trinajstić information content (AvgIpc) is 2.72. The molecule has 170 valence electrons. The molecule has 9 heteroatoms. The van der Waals surface area contributed by atoms with E-state index in [0.29, 0.717) is 38.7 Å². The highest BCUT2D eigenvalue weighted by Gasteiger charge is 2.31. The number of rotatable bonds is 11. The smallest absolute Gasteiger partial charge is 0.213 e. The number of ether oxygens (including phenoxy) is 1. The van der Waals surface area contributed by atoms with E-state index in [0.717, 1.165) is 38.5 Å². The molecule has 1 heterocycles. The standard InChI is InChI=1S/C20H40N4O4S/c1-2-21-19(23-17-20(11-13-25)9-5-3-6-10-20)22-12-15-29(26,27)24-16-18-8-4-7-14-28-18/h18,24-25H,2-17H2,1H3,(H2,21,22,23). The number of aliphatic hydroxyl groups excluding tert-OH is 1. The van der Waals surface area contributed by atoms with Crippen molar-refractivity contribution in [2.24, 2.45) is 10.4 Å². The average molecular weight is 433 g/mol. The molecule has 0 spiro atoms. The van der Waals surface area contributed by atoms with Crippen molar-refractivity contribution in [2.75, 3.05) is 45.1 Å². The van der Waals surface area contributed by atoms with Gasteiger partial charge in [-0.05, 0) is 50.9 Å². The second kappa shape index (κ2) is 12.7. The summed E-state index contributed by atoms with van der Waals surface area (Å²) in [7, 11) is -3.36. The SMILES string of the molecule is CCNC(=NCC1(CCO)CCCCC1)NCCS(=O)(=O)NCC1CCCCO1. The van der Waals surface area contributed by atoms with Gasteiger partial charge in [-0.3, -0.25) is 4.99 Å². The summed E-state index contributed by atoms with van der Waals surface area (Å²) in [5, 5.41) is 15.8. The Kier molecular flexibility index (Phi) is 10.7. The summed E-state index contributed by atoms with van der Waals surface area (Å²) < 4.78 is 32.8. The first kappa shape index (κ1) is 24.4. The molecule has 0 radical (unpaired) electrons. The van der Waals surface area contributed by atoms with Crippen LogP contribution in [0.4, 0.5) is 0 Å². The molecule has 0 bridgehead atoms. The third-order valence-electron chi connectivity index (χ3n) is 5.94. The number of guanidine groups is 1. The van der Waals surface area contributed by atoms with Crippen LogP contribution >= 0.6 is 0 Å². The number of nitrogens with zero attached hydrogens (tertiary/aromatic N) is 1. The van der Waals surface area contributed by atoms with Crippen LogP contribution in [-0.4, -0.2) is 70.7 Å². The summed E-state index contributed by atoms with van der Waals surface area (Å²) >= 11 is 0. The molecule has 1 aliphatic heterocycles. The van der Waals surface area contributed by atoms with Crippen molar-refractivity contribution in [3.63, 3.8) is 0 Å². The molecule has 1 aliphatic carbocycles. The normalized spacial score (nSPS) is 23.0. The van der Waals surface area contributed by atoms with Crippen LogP contribution in [-0.2, 0) is 14.8 Å². The zero-order valence-corrected chi connectivity index (χ0v) is 18.7. The molecule has 2 fully saturated rings. The zero-order valence-electron chi connectivity index (χ0n) is 17.9. The number of hydrogen-bond donors (Lipinski definition) is 4. The number of hydrogen-bond acceptors (Lipinski definition) is 5. The fraction of sp³-hybridized carbons (Fsp3) is 0.950. The van der Waals surface area contributed by atoms with Gasteiger partial charge in [0.15, 0.2) is 5.96 Å². The number of sulfonamides is 1. The summed E-state index contributed by atoms with van der Waals surface area (Å²) in [6, 6.07) is 0. The van der Waals surface area contributed by atoms with E-state index in [4.69, 9.17) is 9.73 Å². The van der Waals surface area contributed by atoms with Crippen LogP contribution in [0.15, 0.2) is 4.99 Å². The first-order chi connectivity index (χ1) is 14.0. The lowest BCUT2D eigenvalue weighted by atomic mass is 9.72. The van der Waals surface area contributed by atoms with Crippen LogP contribution in [0.1, 0.15) is 64.7 Å². The summed E-state index contributed by atoms with van der Waals surface area (Å²) in [6.07, 6.45) is 9.64. The predicted octanol–water partition coefficient (Wildman–Crippen LogP) is 1.36. The largest absolute Gasteiger partial charge is 0.396 e. The number of aliphatic imine (C=N–C) groups is 1. The third-order valence-corrected chi connectivity index (χ3v) is 7.29. The van der Waals surface area contributed by atoms with Crippen LogP contribution in [0.2, 0.25) is 0 Å². The lowest BCUT2D eigenvalue weighted by Crippen LogP contribution is -2.43. The third kappa shape index (κ3) is 9.19. The van der Waals surface area contributed by atoms with E-state index in [-0.39, 0.29) is 23.9 Å². The summed E-state index contributed by atoms with van der Waals surface area (Å²) in [5.74, 6) is 0.632. The molecule has 29 heavy (non-hydrogen) atoms. The maximum absolute atomic E-state index is 12.3. The molecule has 0 aromatic heterocycles. The highest BCUT2D eigenvalue weighted by atomic mass is 32.2. The zero-order chi connectivity index (χ0) is 21.0. The minimum absolute atomic E-state index is 0.00802. The Hall–Kier alpha value is -0.900. The molecular formula is C20H40N4O4S. The monoisotopic (exact) mass is 432 g/mol. The van der Waals surface area contributed by atoms with Gasteiger partial charge in [-0.1, -0.05) is 19.3 Å². The first-order valence-corrected chi connectivity index (χ1v) is 12.9. The molecule has 0 amide bonds. The highest BCUT2D eigenvalue weighted by Crippen LogP contribution is 2.39. The highest BCUT2D eigenvalue weighted by molar-refractivity contribution is 7.89. The van der Waals surface area contributed by atoms with Crippen LogP contribution in [0, 0.1) is 5.41 Å². The topological polar surface area (TPSA) is 112 Å². The predicted molar refractivity (Wildman–Crippen MR) is 117 cm³/mol. The van der Waals surface area contributed by atoms with Gasteiger partial charge in [0.05, 0.1) is 11.9 Å². The molecule has 4 N–H and O–H groups in total. The van der Waals surface area contributed by atoms with E-state index in [1.807, 2.05) is 6.92 Å². The van der Waals surface area contributed by atoms with Gasteiger partial charge in [0, 0.05) is 39.4 Å². The molecule has 8 nitrogen and oxygen atoms in total. The van der Waals surface area contributed by atoms with E-state index in [1.54, 1.807) is 0 Å². The molecule has 0 aromatic carbocycles. The minimum atomic E-state index is -3.36. The number of nitrogens with one attached hydrogen (secondary N) is 3. The van der Waals surface area contributed by atoms with E-state index in [2.05, 4.69) is 15.4 Å². The van der Waals surface area contributed by atoms with Gasteiger partial charge in [-0.15, -0.1) is 0 Å². The second-order valence-electron chi connectivity index (χ2n) is 8.31. The van der Waals surface area contributed by atoms with Crippen molar-refractivity contribution in [2.45, 2.75) is 70.8 Å². The first-order valence-electron chi connectivity index (χ1n) is 11.2. The maximum atomic E-state index is 12.3. The molecule has 1 unspecified atom stereocenters. The van der Waals surface area contributed by atoms with Crippen LogP contribution in [0.3, 0.4) is 0 Å². The van der Waals surface area contributed by atoms with Gasteiger partial charge in [-0.25, -0.2) is 13.1 Å². The summed E-state index contributed by atoms with van der Waals surface area (Å²) in [4.78, 5) is 4.72. The lowest BCUT2D eigenvalue weighted by molar-refractivity contribution is 0.0200. The van der Waals surface area contributed by atoms with Gasteiger partial charge in [0.25, 0.3) is 0 Å². The van der Waals surface area contributed by atoms with E-state index in [9.17, 15) is 13.5 Å². The Morgan fingerprint density at radius 1 is 1.17 bits per heavy atom. The van der Waals surface area contributed by atoms with Gasteiger partial charge in [-0.2, -0.15) is 0 Å². The van der Waals surface area contributed by atoms with E-state index >= 15 is 0 Å². The summed E-state index contributed by atoms with van der Waals surface area (Å²) in [6.45, 7) is 4.90. The van der Waals surface area contributed by atoms with Gasteiger partial charge < -0.3 is 20.5 Å². The Morgan fingerprint density at radius 2 is 1.97 bits per heavy atom. The summed E-state index contributed by atoms with van der Waals surface area (Å²) in [5.41, 5.74) is 0.0724. The Labute approximate surface area is 176 Å². The van der Waals surface area contributed by atoms with Crippen molar-refractivity contribution < 1.29 is 18.3 Å². The molecule has 2 rings (SSSR count). The molecule has 1 atom stereocenters. The van der Waals surface area contributed by atoms with Crippen LogP contribution < -0.4 is 15.4 Å². The lowest BCUT2D eigenvalue weighted by Gasteiger charge is -2.35. The molecule has 0 aromatic rings. The van der Waals surface area contributed by atoms with E-state index < -0.39 is 10.0 Å². The molecule has 2 aliphatic rings. The fourth-order valence-corrected chi connectivity index (χ4v) is 5.13. The Bertz CT molecular complexity index is 580. The second-order valence-corrected chi connectivity index (χ2v) is 10.2. The Balaban J connectivity index is 1.80. The van der Waals surface area contributed by atoms with Crippen LogP contribution in [0.25, 0.3) is 0 Å². The van der Waals surface area contributed by atoms with Gasteiger partial charge in [0.2, 0.25) is 10.0 Å². The molecule has 1 saturated heterocycles. The van der Waals surface area contributed by atoms with Crippen molar-refractivity contribution >= 4 is 16.0 Å². The van der Waals surface area contributed by atoms with Crippen molar-refractivity contribution in [1.29, 1.82) is 0 Å². The van der Waals surface area contributed by atoms with Gasteiger partial charge >= 0.3 is 0 Å². The van der Waals surface area contributed by atoms with E-state index in [1.165, 1.54) is 19.3 Å². The Morgan fingerprint density at radius 3 is 2.62 bits per heavy atom. The van der Waals surface area contributed by atoms with Gasteiger partial charge in [0.1, 0.15) is 0 Å². The van der Waals surface area contributed by atoms with Crippen molar-refractivity contribution in [3.05, 3.63) is 0 Å². The molecule has 1 saturated carbocycles.